The topological polar surface area (TPSA) is 72.4 Å². The molecular formula is C21H17ClN4O2. The number of aryl methyl sites for hydroxylation is 2. The van der Waals surface area contributed by atoms with Crippen molar-refractivity contribution in [3.05, 3.63) is 82.3 Å². The minimum absolute atomic E-state index is 0.237. The van der Waals surface area contributed by atoms with Gasteiger partial charge in [-0.25, -0.2) is 10.1 Å². The Hall–Kier alpha value is -3.38. The van der Waals surface area contributed by atoms with Crippen molar-refractivity contribution in [3.63, 3.8) is 0 Å². The highest BCUT2D eigenvalue weighted by atomic mass is 35.5. The first-order valence-electron chi connectivity index (χ1n) is 8.68. The number of nitrogens with zero attached hydrogens (tertiary/aromatic N) is 3. The number of amides is 1. The van der Waals surface area contributed by atoms with Crippen LogP contribution in [0.15, 0.2) is 64.1 Å². The zero-order valence-electron chi connectivity index (χ0n) is 15.3. The first kappa shape index (κ1) is 18.0. The minimum atomic E-state index is -0.422. The Morgan fingerprint density at radius 1 is 1.14 bits per heavy atom. The third kappa shape index (κ3) is 3.18. The van der Waals surface area contributed by atoms with Crippen molar-refractivity contribution in [1.29, 1.82) is 0 Å². The van der Waals surface area contributed by atoms with E-state index in [0.29, 0.717) is 22.0 Å². The van der Waals surface area contributed by atoms with Crippen LogP contribution in [-0.4, -0.2) is 21.9 Å². The van der Waals surface area contributed by atoms with Crippen molar-refractivity contribution in [3.8, 4) is 5.69 Å². The summed E-state index contributed by atoms with van der Waals surface area (Å²) in [7, 11) is 0. The third-order valence-electron chi connectivity index (χ3n) is 4.46. The van der Waals surface area contributed by atoms with Crippen LogP contribution in [0.3, 0.4) is 0 Å². The molecule has 0 spiro atoms. The Kier molecular flexibility index (Phi) is 4.71. The zero-order chi connectivity index (χ0) is 19.7. The molecule has 0 saturated carbocycles. The van der Waals surface area contributed by atoms with E-state index in [1.54, 1.807) is 4.68 Å². The van der Waals surface area contributed by atoms with Crippen LogP contribution in [0.5, 0.6) is 0 Å². The fourth-order valence-corrected chi connectivity index (χ4v) is 3.32. The number of hydrogen-bond acceptors (Lipinski definition) is 4. The van der Waals surface area contributed by atoms with E-state index in [-0.39, 0.29) is 5.76 Å². The van der Waals surface area contributed by atoms with Gasteiger partial charge in [-0.1, -0.05) is 48.0 Å². The molecule has 140 valence electrons. The van der Waals surface area contributed by atoms with Gasteiger partial charge in [0, 0.05) is 10.9 Å². The van der Waals surface area contributed by atoms with E-state index >= 15 is 0 Å². The van der Waals surface area contributed by atoms with Crippen LogP contribution >= 0.6 is 11.6 Å². The number of carbonyl (C=O) groups excluding carboxylic acids is 1. The molecule has 0 bridgehead atoms. The van der Waals surface area contributed by atoms with E-state index in [1.807, 2.05) is 68.4 Å². The molecule has 0 fully saturated rings. The monoisotopic (exact) mass is 392 g/mol. The highest BCUT2D eigenvalue weighted by molar-refractivity contribution is 6.32. The number of para-hydroxylation sites is 2. The van der Waals surface area contributed by atoms with E-state index in [9.17, 15) is 4.79 Å². The molecule has 7 heteroatoms. The van der Waals surface area contributed by atoms with Crippen molar-refractivity contribution >= 4 is 34.7 Å². The normalized spacial score (nSPS) is 11.4. The number of hydrogen-bond donors (Lipinski definition) is 1. The number of benzene rings is 2. The first-order valence-corrected chi connectivity index (χ1v) is 9.06. The second-order valence-corrected chi connectivity index (χ2v) is 6.65. The number of hydrazone groups is 1. The standard InChI is InChI=1S/C21H17ClN4O2/c1-13-16-10-6-7-11-18(16)28-19(13)21(27)24-23-12-17-14(2)25-26(20(17)22)15-8-4-3-5-9-15/h3-12H,1-2H3,(H,24,27)/b23-12-. The van der Waals surface area contributed by atoms with Gasteiger partial charge in [0.25, 0.3) is 0 Å². The number of aromatic nitrogens is 2. The molecule has 1 amide bonds. The average Bonchev–Trinajstić information content (AvgIpc) is 3.20. The van der Waals surface area contributed by atoms with Crippen LogP contribution in [0.1, 0.15) is 27.4 Å². The smallest absolute Gasteiger partial charge is 0.307 e. The Morgan fingerprint density at radius 3 is 2.61 bits per heavy atom. The first-order chi connectivity index (χ1) is 13.6. The lowest BCUT2D eigenvalue weighted by molar-refractivity contribution is 0.0929. The van der Waals surface area contributed by atoms with Crippen molar-refractivity contribution in [2.45, 2.75) is 13.8 Å². The molecule has 1 N–H and O–H groups in total. The lowest BCUT2D eigenvalue weighted by Gasteiger charge is -2.01. The fourth-order valence-electron chi connectivity index (χ4n) is 3.00. The van der Waals surface area contributed by atoms with E-state index in [4.69, 9.17) is 16.0 Å². The number of halogens is 1. The summed E-state index contributed by atoms with van der Waals surface area (Å²) < 4.78 is 7.27. The molecular weight excluding hydrogens is 376 g/mol. The molecule has 28 heavy (non-hydrogen) atoms. The SMILES string of the molecule is Cc1nn(-c2ccccc2)c(Cl)c1/C=N\NC(=O)c1oc2ccccc2c1C. The van der Waals surface area contributed by atoms with Crippen LogP contribution < -0.4 is 5.43 Å². The molecule has 0 saturated heterocycles. The van der Waals surface area contributed by atoms with Crippen molar-refractivity contribution < 1.29 is 9.21 Å². The predicted molar refractivity (Wildman–Crippen MR) is 109 cm³/mol. The van der Waals surface area contributed by atoms with Crippen LogP contribution in [0.4, 0.5) is 0 Å². The molecule has 0 atom stereocenters. The third-order valence-corrected chi connectivity index (χ3v) is 4.82. The fraction of sp³-hybridized carbons (Fsp3) is 0.0952. The average molecular weight is 393 g/mol. The summed E-state index contributed by atoms with van der Waals surface area (Å²) in [6.45, 7) is 3.67. The molecule has 0 aliphatic heterocycles. The highest BCUT2D eigenvalue weighted by Gasteiger charge is 2.17. The van der Waals surface area contributed by atoms with Gasteiger partial charge in [-0.05, 0) is 32.0 Å². The molecule has 2 heterocycles. The molecule has 2 aromatic heterocycles. The summed E-state index contributed by atoms with van der Waals surface area (Å²) in [5, 5.41) is 9.80. The zero-order valence-corrected chi connectivity index (χ0v) is 16.1. The number of carbonyl (C=O) groups is 1. The summed E-state index contributed by atoms with van der Waals surface area (Å²) in [5.74, 6) is -0.185. The molecule has 0 radical (unpaired) electrons. The van der Waals surface area contributed by atoms with Crippen molar-refractivity contribution in [2.75, 3.05) is 0 Å². The lowest BCUT2D eigenvalue weighted by atomic mass is 10.1. The van der Waals surface area contributed by atoms with Crippen molar-refractivity contribution in [2.24, 2.45) is 5.10 Å². The molecule has 0 aliphatic rings. The van der Waals surface area contributed by atoms with Gasteiger partial charge in [-0.2, -0.15) is 10.2 Å². The van der Waals surface area contributed by atoms with Crippen LogP contribution in [0, 0.1) is 13.8 Å². The maximum Gasteiger partial charge on any atom is 0.307 e. The van der Waals surface area contributed by atoms with Crippen LogP contribution in [0.2, 0.25) is 5.15 Å². The number of furan rings is 1. The van der Waals surface area contributed by atoms with Crippen LogP contribution in [0.25, 0.3) is 16.7 Å². The number of fused-ring (bicyclic) bond motifs is 1. The predicted octanol–water partition coefficient (Wildman–Crippen LogP) is 4.65. The van der Waals surface area contributed by atoms with Crippen molar-refractivity contribution in [1.82, 2.24) is 15.2 Å². The molecule has 2 aromatic carbocycles. The van der Waals surface area contributed by atoms with Gasteiger partial charge in [0.15, 0.2) is 5.76 Å². The lowest BCUT2D eigenvalue weighted by Crippen LogP contribution is -2.17. The van der Waals surface area contributed by atoms with Gasteiger partial charge in [0.1, 0.15) is 10.7 Å². The van der Waals surface area contributed by atoms with Crippen LogP contribution in [-0.2, 0) is 0 Å². The second-order valence-electron chi connectivity index (χ2n) is 6.29. The molecule has 4 rings (SSSR count). The second kappa shape index (κ2) is 7.32. The van der Waals surface area contributed by atoms with Gasteiger partial charge >= 0.3 is 5.91 Å². The number of nitrogens with one attached hydrogen (secondary N) is 1. The Labute approximate surface area is 166 Å². The van der Waals surface area contributed by atoms with E-state index in [0.717, 1.165) is 16.6 Å². The summed E-state index contributed by atoms with van der Waals surface area (Å²) in [6.07, 6.45) is 1.49. The van der Waals surface area contributed by atoms with E-state index in [1.165, 1.54) is 6.21 Å². The quantitative estimate of drug-likeness (QED) is 0.405. The van der Waals surface area contributed by atoms with E-state index in [2.05, 4.69) is 15.6 Å². The Bertz CT molecular complexity index is 1190. The maximum atomic E-state index is 12.4. The Morgan fingerprint density at radius 2 is 1.86 bits per heavy atom. The van der Waals surface area contributed by atoms with Gasteiger partial charge in [-0.3, -0.25) is 4.79 Å². The number of rotatable bonds is 4. The largest absolute Gasteiger partial charge is 0.451 e. The molecule has 0 unspecified atom stereocenters. The summed E-state index contributed by atoms with van der Waals surface area (Å²) in [5.41, 5.74) is 6.11. The summed E-state index contributed by atoms with van der Waals surface area (Å²) in [6, 6.07) is 17.1. The molecule has 0 aliphatic carbocycles. The summed E-state index contributed by atoms with van der Waals surface area (Å²) in [4.78, 5) is 12.4. The molecule has 4 aromatic rings. The maximum absolute atomic E-state index is 12.4. The van der Waals surface area contributed by atoms with Gasteiger partial charge in [0.2, 0.25) is 0 Å². The minimum Gasteiger partial charge on any atom is -0.451 e. The molecule has 6 nitrogen and oxygen atoms in total. The Balaban J connectivity index is 1.56. The van der Waals surface area contributed by atoms with Gasteiger partial charge in [-0.15, -0.1) is 0 Å². The summed E-state index contributed by atoms with van der Waals surface area (Å²) >= 11 is 6.45. The highest BCUT2D eigenvalue weighted by Crippen LogP contribution is 2.25. The van der Waals surface area contributed by atoms with Gasteiger partial charge in [0.05, 0.1) is 23.2 Å². The van der Waals surface area contributed by atoms with E-state index < -0.39 is 5.91 Å². The van der Waals surface area contributed by atoms with Gasteiger partial charge < -0.3 is 4.42 Å².